The Morgan fingerprint density at radius 3 is 2.08 bits per heavy atom. The third kappa shape index (κ3) is 5.95. The fourth-order valence-corrected chi connectivity index (χ4v) is 0.721. The Kier molecular flexibility index (Phi) is 6.19. The van der Waals surface area contributed by atoms with E-state index < -0.39 is 18.4 Å². The Labute approximate surface area is 78.7 Å². The van der Waals surface area contributed by atoms with Crippen LogP contribution in [0.15, 0.2) is 0 Å². The first-order valence-electron chi connectivity index (χ1n) is 4.44. The highest BCUT2D eigenvalue weighted by molar-refractivity contribution is 4.67. The molecule has 0 amide bonds. The Hall–Kier alpha value is -0.200. The molecule has 0 aromatic carbocycles. The summed E-state index contributed by atoms with van der Waals surface area (Å²) in [6.07, 6.45) is -1.40. The average Bonchev–Trinajstić information content (AvgIpc) is 2.03. The fraction of sp³-hybridized carbons (Fsp3) is 1.00. The maximum Gasteiger partial charge on any atom is 0.131 e. The zero-order valence-corrected chi connectivity index (χ0v) is 8.18. The van der Waals surface area contributed by atoms with Crippen LogP contribution in [0, 0.1) is 0 Å². The SMILES string of the molecule is CC(O)C(N)CCOC(N)C(C)O. The zero-order chi connectivity index (χ0) is 10.4. The molecule has 0 aromatic rings. The molecule has 0 saturated heterocycles. The topological polar surface area (TPSA) is 102 Å². The van der Waals surface area contributed by atoms with E-state index in [-0.39, 0.29) is 6.04 Å². The number of nitrogens with two attached hydrogens (primary N) is 2. The second kappa shape index (κ2) is 6.28. The van der Waals surface area contributed by atoms with Gasteiger partial charge in [0.05, 0.1) is 18.8 Å². The summed E-state index contributed by atoms with van der Waals surface area (Å²) in [4.78, 5) is 0. The first-order chi connectivity index (χ1) is 5.95. The summed E-state index contributed by atoms with van der Waals surface area (Å²) in [6.45, 7) is 3.52. The highest BCUT2D eigenvalue weighted by atomic mass is 16.5. The van der Waals surface area contributed by atoms with Gasteiger partial charge in [0, 0.05) is 6.04 Å². The number of aliphatic hydroxyl groups excluding tert-OH is 2. The fourth-order valence-electron chi connectivity index (χ4n) is 0.721. The van der Waals surface area contributed by atoms with E-state index in [4.69, 9.17) is 26.4 Å². The van der Waals surface area contributed by atoms with Crippen LogP contribution in [-0.2, 0) is 4.74 Å². The molecule has 5 heteroatoms. The highest BCUT2D eigenvalue weighted by Crippen LogP contribution is 1.98. The summed E-state index contributed by atoms with van der Waals surface area (Å²) in [5, 5.41) is 18.0. The van der Waals surface area contributed by atoms with Gasteiger partial charge in [0.15, 0.2) is 0 Å². The maximum atomic E-state index is 9.03. The predicted octanol–water partition coefficient (Wildman–Crippen LogP) is -1.23. The number of ether oxygens (including phenoxy) is 1. The van der Waals surface area contributed by atoms with E-state index in [1.807, 2.05) is 0 Å². The van der Waals surface area contributed by atoms with Crippen molar-refractivity contribution in [3.8, 4) is 0 Å². The molecule has 0 aromatic heterocycles. The summed E-state index contributed by atoms with van der Waals surface area (Å²) < 4.78 is 5.06. The molecule has 0 saturated carbocycles. The normalized spacial score (nSPS) is 20.8. The lowest BCUT2D eigenvalue weighted by Crippen LogP contribution is -2.38. The van der Waals surface area contributed by atoms with Gasteiger partial charge >= 0.3 is 0 Å². The summed E-state index contributed by atoms with van der Waals surface area (Å²) in [7, 11) is 0. The van der Waals surface area contributed by atoms with E-state index in [1.54, 1.807) is 13.8 Å². The third-order valence-electron chi connectivity index (χ3n) is 1.86. The molecule has 5 nitrogen and oxygen atoms in total. The predicted molar refractivity (Wildman–Crippen MR) is 49.9 cm³/mol. The van der Waals surface area contributed by atoms with Gasteiger partial charge < -0.3 is 26.4 Å². The van der Waals surface area contributed by atoms with Gasteiger partial charge in [-0.05, 0) is 20.3 Å². The smallest absolute Gasteiger partial charge is 0.131 e. The minimum Gasteiger partial charge on any atom is -0.392 e. The molecular weight excluding hydrogens is 172 g/mol. The molecule has 0 bridgehead atoms. The number of rotatable bonds is 6. The molecule has 80 valence electrons. The van der Waals surface area contributed by atoms with Crippen LogP contribution in [0.4, 0.5) is 0 Å². The van der Waals surface area contributed by atoms with Crippen LogP contribution in [0.25, 0.3) is 0 Å². The number of aliphatic hydroxyl groups is 2. The maximum absolute atomic E-state index is 9.03. The lowest BCUT2D eigenvalue weighted by molar-refractivity contribution is -0.0301. The van der Waals surface area contributed by atoms with Crippen molar-refractivity contribution in [1.29, 1.82) is 0 Å². The van der Waals surface area contributed by atoms with Gasteiger partial charge in [-0.1, -0.05) is 0 Å². The van der Waals surface area contributed by atoms with Crippen LogP contribution >= 0.6 is 0 Å². The molecule has 0 spiro atoms. The molecule has 0 aliphatic rings. The van der Waals surface area contributed by atoms with Gasteiger partial charge in [0.1, 0.15) is 6.23 Å². The van der Waals surface area contributed by atoms with Crippen LogP contribution in [0.2, 0.25) is 0 Å². The monoisotopic (exact) mass is 192 g/mol. The van der Waals surface area contributed by atoms with Crippen molar-refractivity contribution >= 4 is 0 Å². The van der Waals surface area contributed by atoms with Crippen molar-refractivity contribution in [2.24, 2.45) is 11.5 Å². The van der Waals surface area contributed by atoms with Gasteiger partial charge in [0.25, 0.3) is 0 Å². The van der Waals surface area contributed by atoms with Crippen molar-refractivity contribution < 1.29 is 14.9 Å². The zero-order valence-electron chi connectivity index (χ0n) is 8.18. The third-order valence-corrected chi connectivity index (χ3v) is 1.86. The van der Waals surface area contributed by atoms with Gasteiger partial charge in [-0.3, -0.25) is 0 Å². The molecule has 0 heterocycles. The van der Waals surface area contributed by atoms with Gasteiger partial charge in [-0.15, -0.1) is 0 Å². The molecule has 0 fully saturated rings. The van der Waals surface area contributed by atoms with E-state index in [1.165, 1.54) is 0 Å². The van der Waals surface area contributed by atoms with E-state index in [0.29, 0.717) is 13.0 Å². The Morgan fingerprint density at radius 1 is 1.15 bits per heavy atom. The minimum atomic E-state index is -0.692. The van der Waals surface area contributed by atoms with Crippen LogP contribution in [0.3, 0.4) is 0 Å². The molecule has 13 heavy (non-hydrogen) atoms. The quantitative estimate of drug-likeness (QED) is 0.395. The molecule has 0 aliphatic carbocycles. The molecule has 0 aliphatic heterocycles. The summed E-state index contributed by atoms with van der Waals surface area (Å²) in [5.74, 6) is 0. The van der Waals surface area contributed by atoms with Crippen LogP contribution < -0.4 is 11.5 Å². The molecule has 6 N–H and O–H groups in total. The highest BCUT2D eigenvalue weighted by Gasteiger charge is 2.12. The van der Waals surface area contributed by atoms with E-state index in [2.05, 4.69) is 0 Å². The average molecular weight is 192 g/mol. The van der Waals surface area contributed by atoms with Crippen molar-refractivity contribution in [3.05, 3.63) is 0 Å². The van der Waals surface area contributed by atoms with Crippen molar-refractivity contribution in [2.75, 3.05) is 6.61 Å². The van der Waals surface area contributed by atoms with Gasteiger partial charge in [-0.25, -0.2) is 0 Å². The van der Waals surface area contributed by atoms with Crippen LogP contribution in [-0.4, -0.2) is 41.3 Å². The second-order valence-corrected chi connectivity index (χ2v) is 3.27. The first-order valence-corrected chi connectivity index (χ1v) is 4.44. The second-order valence-electron chi connectivity index (χ2n) is 3.27. The van der Waals surface area contributed by atoms with Gasteiger partial charge in [-0.2, -0.15) is 0 Å². The first kappa shape index (κ1) is 12.8. The number of hydrogen-bond donors (Lipinski definition) is 4. The molecule has 0 rings (SSSR count). The molecule has 4 unspecified atom stereocenters. The Bertz CT molecular complexity index is 117. The van der Waals surface area contributed by atoms with Crippen LogP contribution in [0.1, 0.15) is 20.3 Å². The summed E-state index contributed by atoms with van der Waals surface area (Å²) >= 11 is 0. The van der Waals surface area contributed by atoms with Crippen molar-refractivity contribution in [1.82, 2.24) is 0 Å². The lowest BCUT2D eigenvalue weighted by Gasteiger charge is -2.18. The van der Waals surface area contributed by atoms with Crippen LogP contribution in [0.5, 0.6) is 0 Å². The van der Waals surface area contributed by atoms with Crippen molar-refractivity contribution in [3.63, 3.8) is 0 Å². The molecular formula is C8H20N2O3. The molecule has 4 atom stereocenters. The van der Waals surface area contributed by atoms with Crippen molar-refractivity contribution in [2.45, 2.75) is 44.7 Å². The Balaban J connectivity index is 3.45. The standard InChI is InChI=1S/C8H20N2O3/c1-5(11)7(9)3-4-13-8(10)6(2)12/h5-8,11-12H,3-4,9-10H2,1-2H3. The molecule has 0 radical (unpaired) electrons. The van der Waals surface area contributed by atoms with E-state index in [0.717, 1.165) is 0 Å². The van der Waals surface area contributed by atoms with E-state index >= 15 is 0 Å². The Morgan fingerprint density at radius 2 is 1.69 bits per heavy atom. The summed E-state index contributed by atoms with van der Waals surface area (Å²) in [6, 6.07) is -0.304. The lowest BCUT2D eigenvalue weighted by atomic mass is 10.1. The number of hydrogen-bond acceptors (Lipinski definition) is 5. The largest absolute Gasteiger partial charge is 0.392 e. The van der Waals surface area contributed by atoms with E-state index in [9.17, 15) is 0 Å². The van der Waals surface area contributed by atoms with Gasteiger partial charge in [0.2, 0.25) is 0 Å². The summed E-state index contributed by atoms with van der Waals surface area (Å²) in [5.41, 5.74) is 10.9. The minimum absolute atomic E-state index is 0.304.